The normalized spacial score (nSPS) is 12.4. The number of benzene rings is 2. The van der Waals surface area contributed by atoms with Crippen molar-refractivity contribution >= 4 is 10.0 Å². The van der Waals surface area contributed by atoms with Crippen LogP contribution in [0.5, 0.6) is 17.2 Å². The van der Waals surface area contributed by atoms with Crippen LogP contribution < -0.4 is 18.9 Å². The van der Waals surface area contributed by atoms with Crippen molar-refractivity contribution < 1.29 is 27.2 Å². The van der Waals surface area contributed by atoms with Gasteiger partial charge < -0.3 is 18.7 Å². The first-order valence-corrected chi connectivity index (χ1v) is 10.5. The lowest BCUT2D eigenvalue weighted by Gasteiger charge is -2.12. The summed E-state index contributed by atoms with van der Waals surface area (Å²) in [5.41, 5.74) is 1.53. The molecule has 9 nitrogen and oxygen atoms in total. The molecule has 2 aromatic carbocycles. The molecule has 1 atom stereocenters. The average Bonchev–Trinajstić information content (AvgIpc) is 3.23. The molecule has 0 saturated carbocycles. The Hall–Kier alpha value is -3.11. The van der Waals surface area contributed by atoms with E-state index in [-0.39, 0.29) is 16.6 Å². The highest BCUT2D eigenvalue weighted by atomic mass is 32.2. The molecule has 0 unspecified atom stereocenters. The van der Waals surface area contributed by atoms with Crippen LogP contribution in [0.1, 0.15) is 24.4 Å². The van der Waals surface area contributed by atoms with E-state index in [0.717, 1.165) is 5.56 Å². The van der Waals surface area contributed by atoms with Crippen LogP contribution >= 0.6 is 0 Å². The fourth-order valence-electron chi connectivity index (χ4n) is 2.81. The van der Waals surface area contributed by atoms with Crippen molar-refractivity contribution in [3.8, 4) is 28.6 Å². The molecule has 0 spiro atoms. The first-order chi connectivity index (χ1) is 14.3. The molecule has 1 heterocycles. The number of hydrogen-bond donors (Lipinski definition) is 1. The molecule has 0 aliphatic heterocycles. The predicted molar refractivity (Wildman–Crippen MR) is 109 cm³/mol. The minimum atomic E-state index is -3.74. The standard InChI is InChI=1S/C20H23N3O6S/c1-12-6-8-15(9-7-12)30(24,25)23-13(2)20-21-19(22-29-20)14-10-16(26-3)18(28-5)17(11-14)27-4/h6-11,13,23H,1-5H3/t13-/m0/s1. The second kappa shape index (κ2) is 8.72. The Labute approximate surface area is 175 Å². The van der Waals surface area contributed by atoms with Crippen LogP contribution in [0.3, 0.4) is 0 Å². The lowest BCUT2D eigenvalue weighted by molar-refractivity contribution is 0.324. The van der Waals surface area contributed by atoms with Crippen molar-refractivity contribution in [2.75, 3.05) is 21.3 Å². The van der Waals surface area contributed by atoms with Gasteiger partial charge >= 0.3 is 0 Å². The third kappa shape index (κ3) is 4.39. The monoisotopic (exact) mass is 433 g/mol. The van der Waals surface area contributed by atoms with Crippen molar-refractivity contribution in [3.63, 3.8) is 0 Å². The Morgan fingerprint density at radius 1 is 1.00 bits per heavy atom. The van der Waals surface area contributed by atoms with E-state index in [0.29, 0.717) is 22.8 Å². The van der Waals surface area contributed by atoms with Gasteiger partial charge in [-0.2, -0.15) is 9.71 Å². The smallest absolute Gasteiger partial charge is 0.244 e. The SMILES string of the molecule is COc1cc(-c2noc([C@H](C)NS(=O)(=O)c3ccc(C)cc3)n2)cc(OC)c1OC. The third-order valence-corrected chi connectivity index (χ3v) is 5.95. The molecule has 0 fully saturated rings. The number of aryl methyl sites for hydroxylation is 1. The molecule has 3 aromatic rings. The zero-order valence-electron chi connectivity index (χ0n) is 17.3. The summed E-state index contributed by atoms with van der Waals surface area (Å²) >= 11 is 0. The minimum absolute atomic E-state index is 0.120. The van der Waals surface area contributed by atoms with E-state index < -0.39 is 16.1 Å². The maximum Gasteiger partial charge on any atom is 0.244 e. The van der Waals surface area contributed by atoms with Crippen molar-refractivity contribution in [3.05, 3.63) is 47.9 Å². The van der Waals surface area contributed by atoms with E-state index in [1.807, 2.05) is 6.92 Å². The van der Waals surface area contributed by atoms with Crippen molar-refractivity contribution in [2.45, 2.75) is 24.8 Å². The predicted octanol–water partition coefficient (Wildman–Crippen LogP) is 3.11. The molecule has 0 radical (unpaired) electrons. The van der Waals surface area contributed by atoms with Crippen LogP contribution in [-0.4, -0.2) is 39.9 Å². The highest BCUT2D eigenvalue weighted by Crippen LogP contribution is 2.40. The molecule has 0 saturated heterocycles. The molecule has 10 heteroatoms. The topological polar surface area (TPSA) is 113 Å². The molecule has 160 valence electrons. The average molecular weight is 433 g/mol. The highest BCUT2D eigenvalue weighted by molar-refractivity contribution is 7.89. The Kier molecular flexibility index (Phi) is 6.28. The van der Waals surface area contributed by atoms with E-state index in [9.17, 15) is 8.42 Å². The van der Waals surface area contributed by atoms with E-state index in [1.54, 1.807) is 43.3 Å². The molecule has 0 aliphatic carbocycles. The number of hydrogen-bond acceptors (Lipinski definition) is 8. The Bertz CT molecular complexity index is 1100. The number of nitrogens with one attached hydrogen (secondary N) is 1. The summed E-state index contributed by atoms with van der Waals surface area (Å²) in [4.78, 5) is 4.48. The largest absolute Gasteiger partial charge is 0.493 e. The van der Waals surface area contributed by atoms with Gasteiger partial charge in [-0.05, 0) is 38.1 Å². The van der Waals surface area contributed by atoms with Crippen LogP contribution in [0.15, 0.2) is 45.8 Å². The Balaban J connectivity index is 1.86. The number of aromatic nitrogens is 2. The number of methoxy groups -OCH3 is 3. The molecule has 0 aliphatic rings. The molecule has 30 heavy (non-hydrogen) atoms. The zero-order valence-corrected chi connectivity index (χ0v) is 18.1. The van der Waals surface area contributed by atoms with Crippen molar-refractivity contribution in [2.24, 2.45) is 0 Å². The van der Waals surface area contributed by atoms with Gasteiger partial charge in [-0.3, -0.25) is 0 Å². The van der Waals surface area contributed by atoms with Gasteiger partial charge in [-0.25, -0.2) is 8.42 Å². The quantitative estimate of drug-likeness (QED) is 0.577. The van der Waals surface area contributed by atoms with Crippen LogP contribution in [0.2, 0.25) is 0 Å². The lowest BCUT2D eigenvalue weighted by Crippen LogP contribution is -2.27. The van der Waals surface area contributed by atoms with Crippen LogP contribution in [0.4, 0.5) is 0 Å². The van der Waals surface area contributed by atoms with Gasteiger partial charge in [-0.15, -0.1) is 0 Å². The van der Waals surface area contributed by atoms with E-state index >= 15 is 0 Å². The van der Waals surface area contributed by atoms with E-state index in [1.165, 1.54) is 21.3 Å². The number of sulfonamides is 1. The van der Waals surface area contributed by atoms with E-state index in [4.69, 9.17) is 18.7 Å². The van der Waals surface area contributed by atoms with Gasteiger partial charge in [-0.1, -0.05) is 22.9 Å². The van der Waals surface area contributed by atoms with Gasteiger partial charge in [0.2, 0.25) is 27.5 Å². The minimum Gasteiger partial charge on any atom is -0.493 e. The van der Waals surface area contributed by atoms with Gasteiger partial charge in [0.25, 0.3) is 0 Å². The highest BCUT2D eigenvalue weighted by Gasteiger charge is 2.23. The molecular weight excluding hydrogens is 410 g/mol. The number of rotatable bonds is 8. The molecule has 3 rings (SSSR count). The first-order valence-electron chi connectivity index (χ1n) is 9.02. The third-order valence-electron chi connectivity index (χ3n) is 4.40. The fraction of sp³-hybridized carbons (Fsp3) is 0.300. The molecule has 0 amide bonds. The van der Waals surface area contributed by atoms with Crippen molar-refractivity contribution in [1.82, 2.24) is 14.9 Å². The van der Waals surface area contributed by atoms with Crippen LogP contribution in [0.25, 0.3) is 11.4 Å². The second-order valence-electron chi connectivity index (χ2n) is 6.53. The van der Waals surface area contributed by atoms with Gasteiger partial charge in [0, 0.05) is 5.56 Å². The maximum absolute atomic E-state index is 12.6. The maximum atomic E-state index is 12.6. The number of nitrogens with zero attached hydrogens (tertiary/aromatic N) is 2. The zero-order chi connectivity index (χ0) is 21.9. The van der Waals surface area contributed by atoms with Crippen molar-refractivity contribution in [1.29, 1.82) is 0 Å². The molecular formula is C20H23N3O6S. The van der Waals surface area contributed by atoms with Gasteiger partial charge in [0.05, 0.1) is 32.3 Å². The van der Waals surface area contributed by atoms with Gasteiger partial charge in [0.1, 0.15) is 0 Å². The van der Waals surface area contributed by atoms with Crippen LogP contribution in [0, 0.1) is 6.92 Å². The molecule has 0 bridgehead atoms. The summed E-state index contributed by atoms with van der Waals surface area (Å²) in [7, 11) is 0.773. The summed E-state index contributed by atoms with van der Waals surface area (Å²) in [6.07, 6.45) is 0. The summed E-state index contributed by atoms with van der Waals surface area (Å²) in [6.45, 7) is 3.51. The van der Waals surface area contributed by atoms with E-state index in [2.05, 4.69) is 14.9 Å². The van der Waals surface area contributed by atoms with Crippen LogP contribution in [-0.2, 0) is 10.0 Å². The van der Waals surface area contributed by atoms with Gasteiger partial charge in [0.15, 0.2) is 11.5 Å². The Morgan fingerprint density at radius 2 is 1.60 bits per heavy atom. The molecule has 1 aromatic heterocycles. The fourth-order valence-corrected chi connectivity index (χ4v) is 4.00. The summed E-state index contributed by atoms with van der Waals surface area (Å²) < 4.78 is 49.0. The molecule has 1 N–H and O–H groups in total. The lowest BCUT2D eigenvalue weighted by atomic mass is 10.1. The summed E-state index contributed by atoms with van der Waals surface area (Å²) in [5, 5.41) is 3.96. The first kappa shape index (κ1) is 21.6. The Morgan fingerprint density at radius 3 is 2.13 bits per heavy atom. The summed E-state index contributed by atoms with van der Waals surface area (Å²) in [6, 6.07) is 9.16. The number of ether oxygens (including phenoxy) is 3. The second-order valence-corrected chi connectivity index (χ2v) is 8.24. The summed E-state index contributed by atoms with van der Waals surface area (Å²) in [5.74, 6) is 1.68.